The zero-order valence-corrected chi connectivity index (χ0v) is 17.4. The van der Waals surface area contributed by atoms with Gasteiger partial charge in [-0.2, -0.15) is 0 Å². The largest absolute Gasteiger partial charge is 0.377 e. The molecule has 0 spiro atoms. The number of hydrogen-bond donors (Lipinski definition) is 1. The number of rotatable bonds is 7. The van der Waals surface area contributed by atoms with Crippen LogP contribution in [0.3, 0.4) is 0 Å². The molecule has 1 heterocycles. The predicted molar refractivity (Wildman–Crippen MR) is 105 cm³/mol. The molecule has 1 saturated carbocycles. The molecule has 1 aliphatic heterocycles. The van der Waals surface area contributed by atoms with E-state index >= 15 is 0 Å². The Bertz CT molecular complexity index is 789. The zero-order chi connectivity index (χ0) is 19.8. The minimum Gasteiger partial charge on any atom is -0.377 e. The zero-order valence-electron chi connectivity index (χ0n) is 16.6. The average Bonchev–Trinajstić information content (AvgIpc) is 3.00. The van der Waals surface area contributed by atoms with Gasteiger partial charge in [-0.05, 0) is 50.7 Å². The molecule has 1 aliphatic carbocycles. The maximum atomic E-state index is 12.6. The number of nitrogens with one attached hydrogen (secondary N) is 1. The van der Waals surface area contributed by atoms with Crippen molar-refractivity contribution in [3.8, 4) is 0 Å². The van der Waals surface area contributed by atoms with Gasteiger partial charge in [0.2, 0.25) is 5.91 Å². The van der Waals surface area contributed by atoms with E-state index in [0.29, 0.717) is 35.1 Å². The molecule has 27 heavy (non-hydrogen) atoms. The van der Waals surface area contributed by atoms with Crippen LogP contribution in [0.5, 0.6) is 0 Å². The summed E-state index contributed by atoms with van der Waals surface area (Å²) in [4.78, 5) is 13.7. The number of fused-ring (bicyclic) bond motifs is 1. The van der Waals surface area contributed by atoms with Crippen LogP contribution in [-0.4, -0.2) is 57.3 Å². The quantitative estimate of drug-likeness (QED) is 0.769. The van der Waals surface area contributed by atoms with Gasteiger partial charge in [0, 0.05) is 36.6 Å². The van der Waals surface area contributed by atoms with Crippen molar-refractivity contribution in [2.75, 3.05) is 31.3 Å². The fraction of sp³-hybridized carbons (Fsp3) is 0.650. The first-order chi connectivity index (χ1) is 12.6. The molecule has 150 valence electrons. The van der Waals surface area contributed by atoms with Gasteiger partial charge in [-0.25, -0.2) is 8.42 Å². The lowest BCUT2D eigenvalue weighted by Gasteiger charge is -2.58. The first-order valence-corrected chi connectivity index (χ1v) is 11.2. The molecule has 6 nitrogen and oxygen atoms in total. The van der Waals surface area contributed by atoms with Gasteiger partial charge in [0.15, 0.2) is 9.84 Å². The average molecular weight is 395 g/mol. The molecule has 3 rings (SSSR count). The summed E-state index contributed by atoms with van der Waals surface area (Å²) in [5.74, 6) is 0.513. The van der Waals surface area contributed by atoms with Gasteiger partial charge in [-0.15, -0.1) is 0 Å². The lowest BCUT2D eigenvalue weighted by Crippen LogP contribution is -2.66. The second kappa shape index (κ2) is 7.53. The summed E-state index contributed by atoms with van der Waals surface area (Å²) < 4.78 is 31.0. The van der Waals surface area contributed by atoms with Crippen molar-refractivity contribution in [2.24, 2.45) is 11.3 Å². The standard InChI is InChI=1S/C20H30N2O4S/c1-14(23)21-15-6-8-16(9-7-15)27(24,25)13-5-11-22(4)18-17-10-12-26-19(17)20(18,2)3/h6-9,17-19H,5,10-13H2,1-4H3,(H,21,23)/t17-,18+,19+/m0/s1. The third-order valence-electron chi connectivity index (χ3n) is 5.97. The van der Waals surface area contributed by atoms with E-state index in [-0.39, 0.29) is 17.1 Å². The molecule has 7 heteroatoms. The maximum absolute atomic E-state index is 12.6. The number of sulfone groups is 1. The molecule has 1 N–H and O–H groups in total. The number of hydrogen-bond acceptors (Lipinski definition) is 5. The second-order valence-corrected chi connectivity index (χ2v) is 10.5. The molecule has 0 aromatic heterocycles. The summed E-state index contributed by atoms with van der Waals surface area (Å²) >= 11 is 0. The molecular formula is C20H30N2O4S. The van der Waals surface area contributed by atoms with Crippen molar-refractivity contribution < 1.29 is 17.9 Å². The summed E-state index contributed by atoms with van der Waals surface area (Å²) in [7, 11) is -1.23. The van der Waals surface area contributed by atoms with Crippen LogP contribution in [0.15, 0.2) is 29.2 Å². The highest BCUT2D eigenvalue weighted by atomic mass is 32.2. The maximum Gasteiger partial charge on any atom is 0.221 e. The van der Waals surface area contributed by atoms with Crippen LogP contribution in [-0.2, 0) is 19.4 Å². The SMILES string of the molecule is CC(=O)Nc1ccc(S(=O)(=O)CCCN(C)[C@@H]2[C@@H]3CCO[C@H]3C2(C)C)cc1. The number of carbonyl (C=O) groups excluding carboxylic acids is 1. The van der Waals surface area contributed by atoms with E-state index in [1.165, 1.54) is 6.92 Å². The molecule has 0 unspecified atom stereocenters. The molecule has 0 radical (unpaired) electrons. The lowest BCUT2D eigenvalue weighted by molar-refractivity contribution is -0.149. The van der Waals surface area contributed by atoms with E-state index in [0.717, 1.165) is 19.6 Å². The fourth-order valence-corrected chi connectivity index (χ4v) is 6.20. The van der Waals surface area contributed by atoms with Crippen LogP contribution in [0.2, 0.25) is 0 Å². The van der Waals surface area contributed by atoms with E-state index in [1.54, 1.807) is 24.3 Å². The van der Waals surface area contributed by atoms with E-state index in [1.807, 2.05) is 0 Å². The van der Waals surface area contributed by atoms with Crippen LogP contribution in [0.4, 0.5) is 5.69 Å². The minimum absolute atomic E-state index is 0.119. The molecular weight excluding hydrogens is 364 g/mol. The summed E-state index contributed by atoms with van der Waals surface area (Å²) in [5, 5.41) is 2.64. The Kier molecular flexibility index (Phi) is 5.66. The van der Waals surface area contributed by atoms with Crippen molar-refractivity contribution in [3.05, 3.63) is 24.3 Å². The fourth-order valence-electron chi connectivity index (χ4n) is 4.90. The van der Waals surface area contributed by atoms with E-state index < -0.39 is 9.84 Å². The van der Waals surface area contributed by atoms with Crippen molar-refractivity contribution in [1.82, 2.24) is 4.90 Å². The van der Waals surface area contributed by atoms with Crippen LogP contribution in [0, 0.1) is 11.3 Å². The molecule has 2 aliphatic rings. The van der Waals surface area contributed by atoms with Gasteiger partial charge in [0.05, 0.1) is 16.8 Å². The highest BCUT2D eigenvalue weighted by Crippen LogP contribution is 2.54. The molecule has 1 amide bonds. The molecule has 0 bridgehead atoms. The summed E-state index contributed by atoms with van der Waals surface area (Å²) in [6.45, 7) is 7.50. The van der Waals surface area contributed by atoms with Gasteiger partial charge >= 0.3 is 0 Å². The molecule has 1 aromatic rings. The van der Waals surface area contributed by atoms with E-state index in [9.17, 15) is 13.2 Å². The summed E-state index contributed by atoms with van der Waals surface area (Å²) in [6.07, 6.45) is 2.04. The van der Waals surface area contributed by atoms with Crippen molar-refractivity contribution in [2.45, 2.75) is 50.7 Å². The van der Waals surface area contributed by atoms with Crippen LogP contribution >= 0.6 is 0 Å². The first kappa shape index (κ1) is 20.3. The Morgan fingerprint density at radius 2 is 1.96 bits per heavy atom. The number of amides is 1. The Morgan fingerprint density at radius 3 is 2.59 bits per heavy atom. The summed E-state index contributed by atoms with van der Waals surface area (Å²) in [5.41, 5.74) is 0.718. The van der Waals surface area contributed by atoms with E-state index in [4.69, 9.17) is 4.74 Å². The van der Waals surface area contributed by atoms with Crippen molar-refractivity contribution >= 4 is 21.4 Å². The number of benzene rings is 1. The predicted octanol–water partition coefficient (Wildman–Crippen LogP) is 2.55. The Morgan fingerprint density at radius 1 is 1.30 bits per heavy atom. The Balaban J connectivity index is 1.54. The van der Waals surface area contributed by atoms with Crippen molar-refractivity contribution in [1.29, 1.82) is 0 Å². The van der Waals surface area contributed by atoms with E-state index in [2.05, 4.69) is 31.1 Å². The van der Waals surface area contributed by atoms with Gasteiger partial charge in [0.1, 0.15) is 0 Å². The Labute approximate surface area is 162 Å². The molecule has 1 saturated heterocycles. The van der Waals surface area contributed by atoms with Crippen LogP contribution in [0.1, 0.15) is 33.6 Å². The lowest BCUT2D eigenvalue weighted by atomic mass is 9.57. The van der Waals surface area contributed by atoms with Gasteiger partial charge in [0.25, 0.3) is 0 Å². The highest BCUT2D eigenvalue weighted by Gasteiger charge is 2.60. The number of nitrogens with zero attached hydrogens (tertiary/aromatic N) is 1. The van der Waals surface area contributed by atoms with Crippen LogP contribution < -0.4 is 5.32 Å². The van der Waals surface area contributed by atoms with Crippen molar-refractivity contribution in [3.63, 3.8) is 0 Å². The molecule has 1 aromatic carbocycles. The first-order valence-electron chi connectivity index (χ1n) is 9.55. The van der Waals surface area contributed by atoms with Gasteiger partial charge < -0.3 is 15.0 Å². The number of carbonyl (C=O) groups is 1. The van der Waals surface area contributed by atoms with Crippen LogP contribution in [0.25, 0.3) is 0 Å². The summed E-state index contributed by atoms with van der Waals surface area (Å²) in [6, 6.07) is 6.80. The molecule has 3 atom stereocenters. The minimum atomic E-state index is -3.33. The topological polar surface area (TPSA) is 75.7 Å². The monoisotopic (exact) mass is 394 g/mol. The smallest absolute Gasteiger partial charge is 0.221 e. The van der Waals surface area contributed by atoms with Gasteiger partial charge in [-0.3, -0.25) is 4.79 Å². The molecule has 2 fully saturated rings. The number of ether oxygens (including phenoxy) is 1. The number of anilines is 1. The van der Waals surface area contributed by atoms with Gasteiger partial charge in [-0.1, -0.05) is 13.8 Å². The normalized spacial score (nSPS) is 26.5. The third kappa shape index (κ3) is 4.05. The highest BCUT2D eigenvalue weighted by molar-refractivity contribution is 7.91. The Hall–Kier alpha value is -1.44. The second-order valence-electron chi connectivity index (χ2n) is 8.37. The third-order valence-corrected chi connectivity index (χ3v) is 7.79.